The summed E-state index contributed by atoms with van der Waals surface area (Å²) >= 11 is 11.9. The maximum absolute atomic E-state index is 6.14. The third-order valence-corrected chi connectivity index (χ3v) is 3.00. The van der Waals surface area contributed by atoms with Gasteiger partial charge in [-0.05, 0) is 23.3 Å². The van der Waals surface area contributed by atoms with Gasteiger partial charge in [0.05, 0.1) is 6.61 Å². The Balaban J connectivity index is 1.92. The van der Waals surface area contributed by atoms with Gasteiger partial charge in [-0.1, -0.05) is 65.7 Å². The molecule has 0 heterocycles. The summed E-state index contributed by atoms with van der Waals surface area (Å²) in [5.41, 5.74) is 1.59. The van der Waals surface area contributed by atoms with Gasteiger partial charge < -0.3 is 4.74 Å². The first-order chi connectivity index (χ1) is 8.25. The van der Waals surface area contributed by atoms with E-state index in [0.717, 1.165) is 16.1 Å². The maximum Gasteiger partial charge on any atom is 0.157 e. The third-order valence-electron chi connectivity index (χ3n) is 2.37. The van der Waals surface area contributed by atoms with Crippen molar-refractivity contribution in [2.45, 2.75) is 12.2 Å². The summed E-state index contributed by atoms with van der Waals surface area (Å²) in [4.78, 5) is 0. The van der Waals surface area contributed by atoms with Crippen LogP contribution >= 0.6 is 23.2 Å². The van der Waals surface area contributed by atoms with Crippen LogP contribution in [-0.4, -0.2) is 0 Å². The van der Waals surface area contributed by atoms with Gasteiger partial charge in [0, 0.05) is 5.02 Å². The summed E-state index contributed by atoms with van der Waals surface area (Å²) in [5, 5.41) is 0.722. The predicted octanol–water partition coefficient (Wildman–Crippen LogP) is 4.79. The van der Waals surface area contributed by atoms with E-state index in [1.54, 1.807) is 0 Å². The quantitative estimate of drug-likeness (QED) is 0.723. The van der Waals surface area contributed by atoms with E-state index in [1.807, 2.05) is 54.6 Å². The summed E-state index contributed by atoms with van der Waals surface area (Å²) in [6.45, 7) is 0.472. The van der Waals surface area contributed by atoms with Gasteiger partial charge in [-0.3, -0.25) is 0 Å². The van der Waals surface area contributed by atoms with E-state index < -0.39 is 5.56 Å². The van der Waals surface area contributed by atoms with Crippen LogP contribution in [0.5, 0.6) is 0 Å². The normalized spacial score (nSPS) is 12.4. The fraction of sp³-hybridized carbons (Fsp3) is 0.143. The standard InChI is InChI=1S/C14H12Cl2O/c15-13-8-6-11(7-9-13)10-17-14(16)12-4-2-1-3-5-12/h1-9,14H,10H2. The first-order valence-corrected chi connectivity index (χ1v) is 6.12. The molecule has 2 rings (SSSR count). The van der Waals surface area contributed by atoms with Crippen LogP contribution in [0.2, 0.25) is 5.02 Å². The lowest BCUT2D eigenvalue weighted by Crippen LogP contribution is -1.97. The van der Waals surface area contributed by atoms with E-state index in [-0.39, 0.29) is 0 Å². The molecule has 0 saturated carbocycles. The first-order valence-electron chi connectivity index (χ1n) is 5.31. The van der Waals surface area contributed by atoms with Gasteiger partial charge in [-0.25, -0.2) is 0 Å². The topological polar surface area (TPSA) is 9.23 Å². The number of rotatable bonds is 4. The van der Waals surface area contributed by atoms with Crippen LogP contribution in [0, 0.1) is 0 Å². The average molecular weight is 267 g/mol. The Bertz CT molecular complexity index is 453. The molecular weight excluding hydrogens is 255 g/mol. The Morgan fingerprint density at radius 2 is 1.59 bits per heavy atom. The minimum atomic E-state index is -0.424. The number of hydrogen-bond acceptors (Lipinski definition) is 1. The van der Waals surface area contributed by atoms with Crippen molar-refractivity contribution >= 4 is 23.2 Å². The molecular formula is C14H12Cl2O. The van der Waals surface area contributed by atoms with E-state index in [2.05, 4.69) is 0 Å². The van der Waals surface area contributed by atoms with Crippen LogP contribution in [0.15, 0.2) is 54.6 Å². The van der Waals surface area contributed by atoms with Crippen molar-refractivity contribution in [3.63, 3.8) is 0 Å². The lowest BCUT2D eigenvalue weighted by molar-refractivity contribution is 0.0943. The molecule has 88 valence electrons. The van der Waals surface area contributed by atoms with Gasteiger partial charge in [0.15, 0.2) is 5.56 Å². The molecule has 0 aliphatic heterocycles. The van der Waals surface area contributed by atoms with Gasteiger partial charge in [-0.2, -0.15) is 0 Å². The molecule has 1 nitrogen and oxygen atoms in total. The molecule has 17 heavy (non-hydrogen) atoms. The molecule has 0 radical (unpaired) electrons. The summed E-state index contributed by atoms with van der Waals surface area (Å²) in [6.07, 6.45) is 0. The van der Waals surface area contributed by atoms with Gasteiger partial charge in [0.1, 0.15) is 0 Å². The monoisotopic (exact) mass is 266 g/mol. The van der Waals surface area contributed by atoms with Crippen molar-refractivity contribution in [3.05, 3.63) is 70.7 Å². The van der Waals surface area contributed by atoms with Gasteiger partial charge in [0.2, 0.25) is 0 Å². The molecule has 0 spiro atoms. The van der Waals surface area contributed by atoms with Gasteiger partial charge >= 0.3 is 0 Å². The molecule has 0 saturated heterocycles. The predicted molar refractivity (Wildman–Crippen MR) is 71.3 cm³/mol. The molecule has 1 unspecified atom stereocenters. The molecule has 0 aromatic heterocycles. The molecule has 2 aromatic carbocycles. The molecule has 0 amide bonds. The number of ether oxygens (including phenoxy) is 1. The molecule has 0 N–H and O–H groups in total. The van der Waals surface area contributed by atoms with Gasteiger partial charge in [-0.15, -0.1) is 0 Å². The summed E-state index contributed by atoms with van der Waals surface area (Å²) in [6, 6.07) is 17.3. The molecule has 2 aromatic rings. The van der Waals surface area contributed by atoms with Crippen molar-refractivity contribution in [1.82, 2.24) is 0 Å². The second kappa shape index (κ2) is 6.06. The minimum absolute atomic E-state index is 0.424. The second-order valence-corrected chi connectivity index (χ2v) is 4.50. The lowest BCUT2D eigenvalue weighted by atomic mass is 10.2. The minimum Gasteiger partial charge on any atom is -0.354 e. The Morgan fingerprint density at radius 1 is 0.941 bits per heavy atom. The fourth-order valence-corrected chi connectivity index (χ4v) is 1.79. The van der Waals surface area contributed by atoms with E-state index in [9.17, 15) is 0 Å². The van der Waals surface area contributed by atoms with Crippen LogP contribution in [0.25, 0.3) is 0 Å². The van der Waals surface area contributed by atoms with E-state index >= 15 is 0 Å². The van der Waals surface area contributed by atoms with Crippen LogP contribution in [0.4, 0.5) is 0 Å². The Labute approximate surface area is 111 Å². The van der Waals surface area contributed by atoms with E-state index in [0.29, 0.717) is 6.61 Å². The van der Waals surface area contributed by atoms with Crippen LogP contribution in [-0.2, 0) is 11.3 Å². The zero-order chi connectivity index (χ0) is 12.1. The van der Waals surface area contributed by atoms with Gasteiger partial charge in [0.25, 0.3) is 0 Å². The molecule has 1 atom stereocenters. The van der Waals surface area contributed by atoms with Crippen molar-refractivity contribution in [2.75, 3.05) is 0 Å². The summed E-state index contributed by atoms with van der Waals surface area (Å²) in [7, 11) is 0. The molecule has 0 fully saturated rings. The highest BCUT2D eigenvalue weighted by molar-refractivity contribution is 6.30. The van der Waals surface area contributed by atoms with Crippen molar-refractivity contribution in [2.24, 2.45) is 0 Å². The fourth-order valence-electron chi connectivity index (χ4n) is 1.45. The zero-order valence-corrected chi connectivity index (χ0v) is 10.7. The lowest BCUT2D eigenvalue weighted by Gasteiger charge is -2.11. The Hall–Kier alpha value is -1.02. The summed E-state index contributed by atoms with van der Waals surface area (Å²) in [5.74, 6) is 0. The Morgan fingerprint density at radius 3 is 2.24 bits per heavy atom. The first kappa shape index (κ1) is 12.4. The van der Waals surface area contributed by atoms with E-state index in [1.165, 1.54) is 0 Å². The highest BCUT2D eigenvalue weighted by atomic mass is 35.5. The highest BCUT2D eigenvalue weighted by Gasteiger charge is 2.07. The van der Waals surface area contributed by atoms with Crippen molar-refractivity contribution in [1.29, 1.82) is 0 Å². The van der Waals surface area contributed by atoms with Crippen LogP contribution in [0.1, 0.15) is 16.7 Å². The number of alkyl halides is 1. The average Bonchev–Trinajstić information content (AvgIpc) is 2.39. The largest absolute Gasteiger partial charge is 0.354 e. The molecule has 0 aliphatic carbocycles. The van der Waals surface area contributed by atoms with Crippen LogP contribution in [0.3, 0.4) is 0 Å². The number of hydrogen-bond donors (Lipinski definition) is 0. The SMILES string of the molecule is Clc1ccc(COC(Cl)c2ccccc2)cc1. The third kappa shape index (κ3) is 3.74. The number of halogens is 2. The molecule has 0 bridgehead atoms. The maximum atomic E-state index is 6.14. The number of benzene rings is 2. The van der Waals surface area contributed by atoms with Crippen LogP contribution < -0.4 is 0 Å². The zero-order valence-electron chi connectivity index (χ0n) is 9.14. The smallest absolute Gasteiger partial charge is 0.157 e. The van der Waals surface area contributed by atoms with Crippen molar-refractivity contribution < 1.29 is 4.74 Å². The van der Waals surface area contributed by atoms with E-state index in [4.69, 9.17) is 27.9 Å². The molecule has 3 heteroatoms. The second-order valence-electron chi connectivity index (χ2n) is 3.66. The molecule has 0 aliphatic rings. The highest BCUT2D eigenvalue weighted by Crippen LogP contribution is 2.23. The van der Waals surface area contributed by atoms with Crippen molar-refractivity contribution in [3.8, 4) is 0 Å². The summed E-state index contributed by atoms with van der Waals surface area (Å²) < 4.78 is 5.58. The Kier molecular flexibility index (Phi) is 4.43.